The molecule has 6 aromatic carbocycles. The topological polar surface area (TPSA) is 59.4 Å². The number of para-hydroxylation sites is 3. The van der Waals surface area contributed by atoms with Gasteiger partial charge in [0.05, 0.1) is 34.9 Å². The van der Waals surface area contributed by atoms with E-state index in [9.17, 15) is 5.26 Å². The summed E-state index contributed by atoms with van der Waals surface area (Å²) in [5.41, 5.74) is 8.85. The molecule has 0 N–H and O–H groups in total. The van der Waals surface area contributed by atoms with E-state index in [1.165, 1.54) is 0 Å². The van der Waals surface area contributed by atoms with Crippen molar-refractivity contribution in [3.05, 3.63) is 132 Å². The van der Waals surface area contributed by atoms with Crippen molar-refractivity contribution in [3.63, 3.8) is 0 Å². The smallest absolute Gasteiger partial charge is 0.229 e. The normalized spacial score (nSPS) is 11.7. The van der Waals surface area contributed by atoms with Gasteiger partial charge < -0.3 is 13.4 Å². The average Bonchev–Trinajstić information content (AvgIpc) is 3.73. The van der Waals surface area contributed by atoms with Crippen LogP contribution in [-0.4, -0.2) is 4.57 Å². The van der Waals surface area contributed by atoms with Crippen LogP contribution in [0.15, 0.2) is 124 Å². The first-order chi connectivity index (χ1) is 21.2. The van der Waals surface area contributed by atoms with E-state index in [0.29, 0.717) is 22.4 Å². The van der Waals surface area contributed by atoms with Gasteiger partial charge in [0.1, 0.15) is 16.7 Å². The standard InChI is InChI=1S/C38H19N3O2/c1-40-30-17-16-24(23-14-15-27-26-8-3-5-12-34(26)42-35(27)20-23)36-28-9-6-11-33(37(28)43-38(30)36)41-31-10-4-2-7-25(31)29-19-22(21-39)13-18-32(29)41/h2-20H. The molecule has 0 aliphatic carbocycles. The van der Waals surface area contributed by atoms with E-state index >= 15 is 0 Å². The van der Waals surface area contributed by atoms with Crippen molar-refractivity contribution >= 4 is 71.4 Å². The number of benzene rings is 6. The van der Waals surface area contributed by atoms with Gasteiger partial charge in [0.2, 0.25) is 5.69 Å². The maximum atomic E-state index is 9.58. The van der Waals surface area contributed by atoms with Crippen molar-refractivity contribution in [3.8, 4) is 22.9 Å². The Kier molecular flexibility index (Phi) is 4.68. The van der Waals surface area contributed by atoms with Gasteiger partial charge >= 0.3 is 0 Å². The average molecular weight is 550 g/mol. The largest absolute Gasteiger partial charge is 0.465 e. The molecule has 198 valence electrons. The number of hydrogen-bond acceptors (Lipinski definition) is 3. The molecule has 0 unspecified atom stereocenters. The molecule has 9 aromatic rings. The lowest BCUT2D eigenvalue weighted by Crippen LogP contribution is -1.94. The Morgan fingerprint density at radius 1 is 0.628 bits per heavy atom. The second-order valence-electron chi connectivity index (χ2n) is 10.7. The third kappa shape index (κ3) is 3.19. The zero-order valence-corrected chi connectivity index (χ0v) is 22.6. The van der Waals surface area contributed by atoms with E-state index < -0.39 is 0 Å². The van der Waals surface area contributed by atoms with Crippen LogP contribution in [0.3, 0.4) is 0 Å². The SMILES string of the molecule is [C-]#[N+]c1ccc(-c2ccc3c(c2)oc2ccccc23)c2c1oc1c(-n3c4ccccc4c4cc(C#N)ccc43)cccc12. The van der Waals surface area contributed by atoms with Gasteiger partial charge in [-0.3, -0.25) is 0 Å². The molecule has 0 spiro atoms. The summed E-state index contributed by atoms with van der Waals surface area (Å²) in [7, 11) is 0. The molecule has 3 aromatic heterocycles. The zero-order chi connectivity index (χ0) is 28.7. The van der Waals surface area contributed by atoms with E-state index in [4.69, 9.17) is 15.4 Å². The molecular weight excluding hydrogens is 530 g/mol. The maximum Gasteiger partial charge on any atom is 0.229 e. The van der Waals surface area contributed by atoms with Crippen LogP contribution in [0.4, 0.5) is 5.69 Å². The van der Waals surface area contributed by atoms with Crippen molar-refractivity contribution in [2.75, 3.05) is 0 Å². The number of furan rings is 2. The van der Waals surface area contributed by atoms with E-state index in [1.807, 2.05) is 72.8 Å². The van der Waals surface area contributed by atoms with Crippen molar-refractivity contribution < 1.29 is 8.83 Å². The Morgan fingerprint density at radius 3 is 2.30 bits per heavy atom. The molecule has 0 aliphatic rings. The van der Waals surface area contributed by atoms with Gasteiger partial charge in [-0.25, -0.2) is 4.85 Å². The van der Waals surface area contributed by atoms with Crippen LogP contribution in [0.2, 0.25) is 0 Å². The van der Waals surface area contributed by atoms with Crippen LogP contribution in [0.25, 0.3) is 87.3 Å². The summed E-state index contributed by atoms with van der Waals surface area (Å²) >= 11 is 0. The molecule has 0 atom stereocenters. The molecule has 3 heterocycles. The number of fused-ring (bicyclic) bond motifs is 9. The highest BCUT2D eigenvalue weighted by Crippen LogP contribution is 2.45. The fourth-order valence-electron chi connectivity index (χ4n) is 6.57. The summed E-state index contributed by atoms with van der Waals surface area (Å²) in [5, 5.41) is 15.6. The van der Waals surface area contributed by atoms with E-state index in [-0.39, 0.29) is 0 Å². The monoisotopic (exact) mass is 549 g/mol. The minimum atomic E-state index is 0.464. The first-order valence-corrected chi connectivity index (χ1v) is 13.9. The molecular formula is C38H19N3O2. The predicted octanol–water partition coefficient (Wildman–Crippen LogP) is 10.7. The van der Waals surface area contributed by atoms with Gasteiger partial charge in [0.25, 0.3) is 0 Å². The molecule has 9 rings (SSSR count). The molecule has 0 amide bonds. The number of rotatable bonds is 2. The Hall–Kier alpha value is -6.30. The quantitative estimate of drug-likeness (QED) is 0.202. The fraction of sp³-hybridized carbons (Fsp3) is 0. The minimum absolute atomic E-state index is 0.464. The summed E-state index contributed by atoms with van der Waals surface area (Å²) in [6.07, 6.45) is 0. The van der Waals surface area contributed by atoms with Crippen LogP contribution in [0.5, 0.6) is 0 Å². The van der Waals surface area contributed by atoms with Crippen LogP contribution in [-0.2, 0) is 0 Å². The molecule has 5 nitrogen and oxygen atoms in total. The summed E-state index contributed by atoms with van der Waals surface area (Å²) in [6.45, 7) is 7.91. The molecule has 0 saturated carbocycles. The zero-order valence-electron chi connectivity index (χ0n) is 22.6. The van der Waals surface area contributed by atoms with Crippen molar-refractivity contribution in [1.29, 1.82) is 5.26 Å². The van der Waals surface area contributed by atoms with Crippen LogP contribution in [0.1, 0.15) is 5.56 Å². The van der Waals surface area contributed by atoms with Gasteiger partial charge in [0.15, 0.2) is 5.58 Å². The molecule has 0 saturated heterocycles. The van der Waals surface area contributed by atoms with Gasteiger partial charge in [0, 0.05) is 32.3 Å². The summed E-state index contributed by atoms with van der Waals surface area (Å²) < 4.78 is 15.1. The van der Waals surface area contributed by atoms with E-state index in [1.54, 1.807) is 0 Å². The predicted molar refractivity (Wildman–Crippen MR) is 172 cm³/mol. The lowest BCUT2D eigenvalue weighted by atomic mass is 9.97. The number of nitrogens with zero attached hydrogens (tertiary/aromatic N) is 3. The third-order valence-electron chi connectivity index (χ3n) is 8.46. The van der Waals surface area contributed by atoms with Gasteiger partial charge in [-0.05, 0) is 59.7 Å². The van der Waals surface area contributed by atoms with Crippen molar-refractivity contribution in [2.45, 2.75) is 0 Å². The fourth-order valence-corrected chi connectivity index (χ4v) is 6.57. The second-order valence-corrected chi connectivity index (χ2v) is 10.7. The molecule has 5 heteroatoms. The Labute approximate surface area is 244 Å². The first-order valence-electron chi connectivity index (χ1n) is 13.9. The second kappa shape index (κ2) is 8.60. The van der Waals surface area contributed by atoms with E-state index in [0.717, 1.165) is 71.3 Å². The lowest BCUT2D eigenvalue weighted by Gasteiger charge is -2.09. The van der Waals surface area contributed by atoms with E-state index in [2.05, 4.69) is 57.9 Å². The molecule has 0 fully saturated rings. The number of aromatic nitrogens is 1. The minimum Gasteiger partial charge on any atom is -0.465 e. The molecule has 0 radical (unpaired) electrons. The highest BCUT2D eigenvalue weighted by atomic mass is 16.3. The highest BCUT2D eigenvalue weighted by molar-refractivity contribution is 6.19. The van der Waals surface area contributed by atoms with Crippen LogP contribution < -0.4 is 0 Å². The molecule has 0 bridgehead atoms. The molecule has 0 aliphatic heterocycles. The summed E-state index contributed by atoms with van der Waals surface area (Å²) in [5.74, 6) is 0. The first kappa shape index (κ1) is 23.4. The Bertz CT molecular complexity index is 2710. The Morgan fingerprint density at radius 2 is 1.42 bits per heavy atom. The van der Waals surface area contributed by atoms with Crippen LogP contribution >= 0.6 is 0 Å². The van der Waals surface area contributed by atoms with Crippen molar-refractivity contribution in [2.24, 2.45) is 0 Å². The molecule has 43 heavy (non-hydrogen) atoms. The van der Waals surface area contributed by atoms with Gasteiger partial charge in [-0.2, -0.15) is 5.26 Å². The van der Waals surface area contributed by atoms with Crippen molar-refractivity contribution in [1.82, 2.24) is 4.57 Å². The van der Waals surface area contributed by atoms with Crippen LogP contribution in [0, 0.1) is 17.9 Å². The summed E-state index contributed by atoms with van der Waals surface area (Å²) in [6, 6.07) is 40.6. The third-order valence-corrected chi connectivity index (χ3v) is 8.46. The maximum absolute atomic E-state index is 9.58. The highest BCUT2D eigenvalue weighted by Gasteiger charge is 2.21. The number of nitriles is 1. The number of hydrogen-bond donors (Lipinski definition) is 0. The summed E-state index contributed by atoms with van der Waals surface area (Å²) in [4.78, 5) is 3.82. The van der Waals surface area contributed by atoms with Gasteiger partial charge in [-0.15, -0.1) is 0 Å². The van der Waals surface area contributed by atoms with Gasteiger partial charge in [-0.1, -0.05) is 66.7 Å². The lowest BCUT2D eigenvalue weighted by molar-refractivity contribution is 0.668. The Balaban J connectivity index is 1.36.